The minimum absolute atomic E-state index is 0.0496. The van der Waals surface area contributed by atoms with Gasteiger partial charge in [0.2, 0.25) is 0 Å². The van der Waals surface area contributed by atoms with E-state index in [1.807, 2.05) is 18.2 Å². The SMILES string of the molecule is CCCCCC[NH2+]C[C@@H](O)COc1ccc(C(C)(C)c2ccccc2)cc1. The van der Waals surface area contributed by atoms with Crippen LogP contribution in [0.25, 0.3) is 0 Å². The number of hydrogen-bond acceptors (Lipinski definition) is 2. The van der Waals surface area contributed by atoms with Crippen LogP contribution in [-0.2, 0) is 5.41 Å². The summed E-state index contributed by atoms with van der Waals surface area (Å²) in [5.74, 6) is 0.810. The molecule has 1 atom stereocenters. The van der Waals surface area contributed by atoms with E-state index in [0.29, 0.717) is 13.2 Å². The van der Waals surface area contributed by atoms with Gasteiger partial charge in [0.05, 0.1) is 6.54 Å². The van der Waals surface area contributed by atoms with Crippen molar-refractivity contribution in [1.82, 2.24) is 0 Å². The monoisotopic (exact) mass is 370 g/mol. The third-order valence-corrected chi connectivity index (χ3v) is 5.21. The van der Waals surface area contributed by atoms with Crippen molar-refractivity contribution < 1.29 is 15.2 Å². The molecule has 0 aliphatic rings. The number of hydrogen-bond donors (Lipinski definition) is 2. The van der Waals surface area contributed by atoms with Gasteiger partial charge >= 0.3 is 0 Å². The average Bonchev–Trinajstić information content (AvgIpc) is 2.70. The van der Waals surface area contributed by atoms with Crippen molar-refractivity contribution in [2.75, 3.05) is 19.7 Å². The molecule has 2 aromatic rings. The molecule has 2 aromatic carbocycles. The zero-order valence-electron chi connectivity index (χ0n) is 17.2. The van der Waals surface area contributed by atoms with Gasteiger partial charge in [-0.15, -0.1) is 0 Å². The number of ether oxygens (including phenoxy) is 1. The summed E-state index contributed by atoms with van der Waals surface area (Å²) in [7, 11) is 0. The molecule has 0 saturated carbocycles. The Balaban J connectivity index is 1.77. The van der Waals surface area contributed by atoms with Crippen LogP contribution < -0.4 is 10.1 Å². The highest BCUT2D eigenvalue weighted by Crippen LogP contribution is 2.32. The maximum Gasteiger partial charge on any atom is 0.137 e. The zero-order valence-corrected chi connectivity index (χ0v) is 17.2. The molecule has 148 valence electrons. The first kappa shape index (κ1) is 21.5. The first-order chi connectivity index (χ1) is 13.0. The van der Waals surface area contributed by atoms with Gasteiger partial charge in [0, 0.05) is 5.41 Å². The molecule has 0 heterocycles. The third-order valence-electron chi connectivity index (χ3n) is 5.21. The van der Waals surface area contributed by atoms with Crippen LogP contribution in [0.1, 0.15) is 57.6 Å². The van der Waals surface area contributed by atoms with E-state index in [-0.39, 0.29) is 5.41 Å². The predicted octanol–water partition coefficient (Wildman–Crippen LogP) is 3.90. The maximum atomic E-state index is 10.1. The molecule has 2 rings (SSSR count). The first-order valence-electron chi connectivity index (χ1n) is 10.3. The van der Waals surface area contributed by atoms with Crippen LogP contribution in [0.15, 0.2) is 54.6 Å². The van der Waals surface area contributed by atoms with E-state index in [1.54, 1.807) is 0 Å². The largest absolute Gasteiger partial charge is 0.491 e. The Hall–Kier alpha value is -1.84. The van der Waals surface area contributed by atoms with Gasteiger partial charge in [0.15, 0.2) is 0 Å². The molecule has 0 fully saturated rings. The smallest absolute Gasteiger partial charge is 0.137 e. The molecular formula is C24H36NO2+. The van der Waals surface area contributed by atoms with E-state index in [2.05, 4.69) is 62.5 Å². The summed E-state index contributed by atoms with van der Waals surface area (Å²) in [6.07, 6.45) is 4.64. The van der Waals surface area contributed by atoms with Gasteiger partial charge in [-0.2, -0.15) is 0 Å². The molecule has 3 nitrogen and oxygen atoms in total. The fraction of sp³-hybridized carbons (Fsp3) is 0.500. The van der Waals surface area contributed by atoms with Crippen LogP contribution in [0.3, 0.4) is 0 Å². The molecule has 0 saturated heterocycles. The number of quaternary nitrogens is 1. The van der Waals surface area contributed by atoms with Crippen LogP contribution >= 0.6 is 0 Å². The minimum Gasteiger partial charge on any atom is -0.491 e. The van der Waals surface area contributed by atoms with Crippen molar-refractivity contribution in [2.45, 2.75) is 58.0 Å². The highest BCUT2D eigenvalue weighted by atomic mass is 16.5. The van der Waals surface area contributed by atoms with Gasteiger partial charge in [-0.25, -0.2) is 0 Å². The lowest BCUT2D eigenvalue weighted by molar-refractivity contribution is -0.661. The molecule has 3 N–H and O–H groups in total. The number of unbranched alkanes of at least 4 members (excludes halogenated alkanes) is 3. The topological polar surface area (TPSA) is 46.1 Å². The van der Waals surface area contributed by atoms with E-state index < -0.39 is 6.10 Å². The fourth-order valence-corrected chi connectivity index (χ4v) is 3.28. The maximum absolute atomic E-state index is 10.1. The Morgan fingerprint density at radius 1 is 0.926 bits per heavy atom. The molecule has 0 aromatic heterocycles. The van der Waals surface area contributed by atoms with Crippen molar-refractivity contribution in [3.63, 3.8) is 0 Å². The van der Waals surface area contributed by atoms with Crippen molar-refractivity contribution in [3.05, 3.63) is 65.7 Å². The molecule has 0 bridgehead atoms. The Labute approximate surface area is 164 Å². The Morgan fingerprint density at radius 2 is 1.59 bits per heavy atom. The van der Waals surface area contributed by atoms with Crippen molar-refractivity contribution in [1.29, 1.82) is 0 Å². The Bertz CT molecular complexity index is 637. The molecule has 0 aliphatic carbocycles. The highest BCUT2D eigenvalue weighted by Gasteiger charge is 2.22. The normalized spacial score (nSPS) is 12.7. The lowest BCUT2D eigenvalue weighted by Crippen LogP contribution is -2.86. The van der Waals surface area contributed by atoms with Crippen LogP contribution in [0.5, 0.6) is 5.75 Å². The number of aliphatic hydroxyl groups excluding tert-OH is 1. The summed E-state index contributed by atoms with van der Waals surface area (Å²) in [5, 5.41) is 12.3. The molecular weight excluding hydrogens is 334 g/mol. The zero-order chi connectivity index (χ0) is 19.5. The number of benzene rings is 2. The van der Waals surface area contributed by atoms with Crippen LogP contribution in [0, 0.1) is 0 Å². The van der Waals surface area contributed by atoms with E-state index in [0.717, 1.165) is 12.3 Å². The quantitative estimate of drug-likeness (QED) is 0.557. The summed E-state index contributed by atoms with van der Waals surface area (Å²) in [6, 6.07) is 18.8. The highest BCUT2D eigenvalue weighted by molar-refractivity contribution is 5.39. The van der Waals surface area contributed by atoms with E-state index >= 15 is 0 Å². The van der Waals surface area contributed by atoms with Gasteiger partial charge in [0.25, 0.3) is 0 Å². The van der Waals surface area contributed by atoms with Gasteiger partial charge in [0.1, 0.15) is 25.0 Å². The average molecular weight is 371 g/mol. The Morgan fingerprint density at radius 3 is 2.26 bits per heavy atom. The summed E-state index contributed by atoms with van der Waals surface area (Å²) < 4.78 is 5.77. The molecule has 3 heteroatoms. The number of rotatable bonds is 12. The second-order valence-electron chi connectivity index (χ2n) is 7.85. The molecule has 27 heavy (non-hydrogen) atoms. The molecule has 0 spiro atoms. The summed E-state index contributed by atoms with van der Waals surface area (Å²) in [6.45, 7) is 8.81. The number of aliphatic hydroxyl groups is 1. The first-order valence-corrected chi connectivity index (χ1v) is 10.3. The summed E-state index contributed by atoms with van der Waals surface area (Å²) >= 11 is 0. The van der Waals surface area contributed by atoms with Gasteiger partial charge in [-0.1, -0.05) is 76.1 Å². The molecule has 0 radical (unpaired) electrons. The van der Waals surface area contributed by atoms with Gasteiger partial charge < -0.3 is 15.2 Å². The van der Waals surface area contributed by atoms with Crippen LogP contribution in [0.2, 0.25) is 0 Å². The second-order valence-corrected chi connectivity index (χ2v) is 7.85. The van der Waals surface area contributed by atoms with Crippen molar-refractivity contribution in [3.8, 4) is 5.75 Å². The lowest BCUT2D eigenvalue weighted by Gasteiger charge is -2.26. The molecule has 0 amide bonds. The van der Waals surface area contributed by atoms with E-state index in [9.17, 15) is 5.11 Å². The summed E-state index contributed by atoms with van der Waals surface area (Å²) in [5.41, 5.74) is 2.50. The van der Waals surface area contributed by atoms with Crippen LogP contribution in [-0.4, -0.2) is 30.9 Å². The van der Waals surface area contributed by atoms with E-state index in [1.165, 1.54) is 36.8 Å². The standard InChI is InChI=1S/C24H35NO2/c1-4-5-6-10-17-25-18-22(26)19-27-23-15-13-21(14-16-23)24(2,3)20-11-8-7-9-12-20/h7-9,11-16,22,25-26H,4-6,10,17-19H2,1-3H3/p+1/t22-/m1/s1. The second kappa shape index (κ2) is 11.1. The molecule has 0 unspecified atom stereocenters. The van der Waals surface area contributed by atoms with Crippen molar-refractivity contribution in [2.24, 2.45) is 0 Å². The van der Waals surface area contributed by atoms with Crippen molar-refractivity contribution >= 4 is 0 Å². The third kappa shape index (κ3) is 7.00. The minimum atomic E-state index is -0.434. The van der Waals surface area contributed by atoms with E-state index in [4.69, 9.17) is 4.74 Å². The van der Waals surface area contributed by atoms with Gasteiger partial charge in [-0.3, -0.25) is 0 Å². The van der Waals surface area contributed by atoms with Crippen LogP contribution in [0.4, 0.5) is 0 Å². The fourth-order valence-electron chi connectivity index (χ4n) is 3.28. The predicted molar refractivity (Wildman–Crippen MR) is 112 cm³/mol. The number of nitrogens with two attached hydrogens (primary N) is 1. The lowest BCUT2D eigenvalue weighted by atomic mass is 9.78. The Kier molecular flexibility index (Phi) is 8.83. The summed E-state index contributed by atoms with van der Waals surface area (Å²) in [4.78, 5) is 0. The molecule has 0 aliphatic heterocycles. The van der Waals surface area contributed by atoms with Gasteiger partial charge in [-0.05, 0) is 36.1 Å².